The maximum Gasteiger partial charge on any atom is 0.290 e. The van der Waals surface area contributed by atoms with Crippen molar-refractivity contribution in [2.24, 2.45) is 0 Å². The first-order chi connectivity index (χ1) is 15.0. The van der Waals surface area contributed by atoms with Crippen molar-refractivity contribution in [1.82, 2.24) is 20.6 Å². The van der Waals surface area contributed by atoms with Crippen molar-refractivity contribution in [3.05, 3.63) is 76.2 Å². The molecule has 160 valence electrons. The second-order valence-electron chi connectivity index (χ2n) is 6.67. The molecule has 0 aliphatic heterocycles. The van der Waals surface area contributed by atoms with Gasteiger partial charge in [-0.1, -0.05) is 43.3 Å². The van der Waals surface area contributed by atoms with Crippen LogP contribution in [0, 0.1) is 0 Å². The molecular formula is C23H24N4O4. The van der Waals surface area contributed by atoms with E-state index in [0.29, 0.717) is 36.1 Å². The van der Waals surface area contributed by atoms with Gasteiger partial charge in [-0.15, -0.1) is 0 Å². The SMILES string of the molecule is CCCn1nc(C(=O)NNC(=O)/C=C/c2ccccc2OCC)c2ccccc2c1=O. The van der Waals surface area contributed by atoms with Gasteiger partial charge in [-0.25, -0.2) is 4.68 Å². The third-order valence-corrected chi connectivity index (χ3v) is 4.45. The van der Waals surface area contributed by atoms with Crippen LogP contribution in [0.1, 0.15) is 36.3 Å². The maximum atomic E-state index is 12.7. The number of para-hydroxylation sites is 1. The van der Waals surface area contributed by atoms with Crippen molar-refractivity contribution >= 4 is 28.7 Å². The molecule has 2 aromatic carbocycles. The lowest BCUT2D eigenvalue weighted by atomic mass is 10.1. The fourth-order valence-corrected chi connectivity index (χ4v) is 3.06. The molecule has 0 radical (unpaired) electrons. The van der Waals surface area contributed by atoms with Crippen LogP contribution in [-0.4, -0.2) is 28.2 Å². The molecule has 31 heavy (non-hydrogen) atoms. The quantitative estimate of drug-likeness (QED) is 0.452. The summed E-state index contributed by atoms with van der Waals surface area (Å²) in [6.07, 6.45) is 3.58. The molecule has 0 fully saturated rings. The van der Waals surface area contributed by atoms with Crippen molar-refractivity contribution in [2.45, 2.75) is 26.8 Å². The molecule has 0 atom stereocenters. The van der Waals surface area contributed by atoms with Gasteiger partial charge in [0.25, 0.3) is 17.4 Å². The van der Waals surface area contributed by atoms with E-state index in [9.17, 15) is 14.4 Å². The molecule has 8 heteroatoms. The fraction of sp³-hybridized carbons (Fsp3) is 0.217. The van der Waals surface area contributed by atoms with Crippen molar-refractivity contribution in [3.8, 4) is 5.75 Å². The number of benzene rings is 2. The number of hydrazine groups is 1. The second kappa shape index (κ2) is 10.2. The lowest BCUT2D eigenvalue weighted by Gasteiger charge is -2.11. The summed E-state index contributed by atoms with van der Waals surface area (Å²) in [5, 5.41) is 5.02. The van der Waals surface area contributed by atoms with Crippen LogP contribution in [0.4, 0.5) is 0 Å². The van der Waals surface area contributed by atoms with Gasteiger partial charge in [-0.2, -0.15) is 5.10 Å². The highest BCUT2D eigenvalue weighted by Gasteiger charge is 2.16. The van der Waals surface area contributed by atoms with Crippen LogP contribution in [-0.2, 0) is 11.3 Å². The first-order valence-electron chi connectivity index (χ1n) is 10.0. The minimum absolute atomic E-state index is 0.0645. The smallest absolute Gasteiger partial charge is 0.290 e. The number of nitrogens with one attached hydrogen (secondary N) is 2. The van der Waals surface area contributed by atoms with E-state index < -0.39 is 11.8 Å². The predicted molar refractivity (Wildman–Crippen MR) is 119 cm³/mol. The number of carbonyl (C=O) groups excluding carboxylic acids is 2. The number of rotatable bonds is 7. The number of fused-ring (bicyclic) bond motifs is 1. The summed E-state index contributed by atoms with van der Waals surface area (Å²) >= 11 is 0. The van der Waals surface area contributed by atoms with Crippen LogP contribution in [0.15, 0.2) is 59.4 Å². The number of carbonyl (C=O) groups is 2. The van der Waals surface area contributed by atoms with E-state index in [4.69, 9.17) is 4.74 Å². The molecule has 0 aliphatic carbocycles. The van der Waals surface area contributed by atoms with Crippen LogP contribution >= 0.6 is 0 Å². The Kier molecular flexibility index (Phi) is 7.16. The van der Waals surface area contributed by atoms with Gasteiger partial charge in [-0.3, -0.25) is 25.2 Å². The van der Waals surface area contributed by atoms with Gasteiger partial charge in [0.1, 0.15) is 5.75 Å². The van der Waals surface area contributed by atoms with Crippen LogP contribution in [0.25, 0.3) is 16.8 Å². The van der Waals surface area contributed by atoms with Gasteiger partial charge in [0, 0.05) is 23.6 Å². The Morgan fingerprint density at radius 3 is 2.48 bits per heavy atom. The van der Waals surface area contributed by atoms with Crippen LogP contribution in [0.5, 0.6) is 5.75 Å². The highest BCUT2D eigenvalue weighted by Crippen LogP contribution is 2.19. The number of aryl methyl sites for hydroxylation is 1. The van der Waals surface area contributed by atoms with Crippen LogP contribution < -0.4 is 21.1 Å². The predicted octanol–water partition coefficient (Wildman–Crippen LogP) is 2.68. The molecule has 0 saturated heterocycles. The van der Waals surface area contributed by atoms with E-state index >= 15 is 0 Å². The van der Waals surface area contributed by atoms with E-state index in [1.54, 1.807) is 30.3 Å². The summed E-state index contributed by atoms with van der Waals surface area (Å²) in [6.45, 7) is 4.69. The van der Waals surface area contributed by atoms with Crippen LogP contribution in [0.3, 0.4) is 0 Å². The molecule has 2 N–H and O–H groups in total. The lowest BCUT2D eigenvalue weighted by molar-refractivity contribution is -0.117. The summed E-state index contributed by atoms with van der Waals surface area (Å²) in [4.78, 5) is 37.4. The topological polar surface area (TPSA) is 102 Å². The Balaban J connectivity index is 1.75. The minimum Gasteiger partial charge on any atom is -0.493 e. The number of ether oxygens (including phenoxy) is 1. The highest BCUT2D eigenvalue weighted by atomic mass is 16.5. The minimum atomic E-state index is -0.613. The zero-order valence-electron chi connectivity index (χ0n) is 17.4. The molecule has 1 heterocycles. The zero-order chi connectivity index (χ0) is 22.2. The standard InChI is InChI=1S/C23H24N4O4/c1-3-15-27-23(30)18-11-7-6-10-17(18)21(26-27)22(29)25-24-20(28)14-13-16-9-5-8-12-19(16)31-4-2/h5-14H,3-4,15H2,1-2H3,(H,24,28)(H,25,29)/b14-13+. The average Bonchev–Trinajstić information content (AvgIpc) is 2.79. The molecular weight excluding hydrogens is 396 g/mol. The molecule has 8 nitrogen and oxygen atoms in total. The third-order valence-electron chi connectivity index (χ3n) is 4.45. The van der Waals surface area contributed by atoms with Gasteiger partial charge in [0.2, 0.25) is 0 Å². The first-order valence-corrected chi connectivity index (χ1v) is 10.0. The van der Waals surface area contributed by atoms with Gasteiger partial charge >= 0.3 is 0 Å². The monoisotopic (exact) mass is 420 g/mol. The van der Waals surface area contributed by atoms with Crippen molar-refractivity contribution in [2.75, 3.05) is 6.61 Å². The van der Waals surface area contributed by atoms with Crippen molar-refractivity contribution in [1.29, 1.82) is 0 Å². The Morgan fingerprint density at radius 1 is 1.03 bits per heavy atom. The van der Waals surface area contributed by atoms with E-state index in [-0.39, 0.29) is 11.3 Å². The summed E-state index contributed by atoms with van der Waals surface area (Å²) in [7, 11) is 0. The molecule has 0 unspecified atom stereocenters. The third kappa shape index (κ3) is 5.16. The normalized spacial score (nSPS) is 10.9. The number of aromatic nitrogens is 2. The summed E-state index contributed by atoms with van der Waals surface area (Å²) < 4.78 is 6.79. The number of nitrogens with zero attached hydrogens (tertiary/aromatic N) is 2. The molecule has 1 aromatic heterocycles. The molecule has 0 spiro atoms. The number of amides is 2. The summed E-state index contributed by atoms with van der Waals surface area (Å²) in [5.41, 5.74) is 5.25. The summed E-state index contributed by atoms with van der Waals surface area (Å²) in [5.74, 6) is -0.477. The lowest BCUT2D eigenvalue weighted by Crippen LogP contribution is -2.42. The van der Waals surface area contributed by atoms with Gasteiger partial charge < -0.3 is 4.74 Å². The maximum absolute atomic E-state index is 12.7. The Morgan fingerprint density at radius 2 is 1.74 bits per heavy atom. The molecule has 2 amide bonds. The van der Waals surface area contributed by atoms with E-state index in [1.807, 2.05) is 38.1 Å². The molecule has 0 aliphatic rings. The second-order valence-corrected chi connectivity index (χ2v) is 6.67. The van der Waals surface area contributed by atoms with Gasteiger partial charge in [0.15, 0.2) is 5.69 Å². The summed E-state index contributed by atoms with van der Waals surface area (Å²) in [6, 6.07) is 14.1. The molecule has 0 saturated carbocycles. The molecule has 0 bridgehead atoms. The average molecular weight is 420 g/mol. The molecule has 3 rings (SSSR count). The van der Waals surface area contributed by atoms with Crippen molar-refractivity contribution in [3.63, 3.8) is 0 Å². The van der Waals surface area contributed by atoms with Crippen molar-refractivity contribution < 1.29 is 14.3 Å². The Hall–Kier alpha value is -3.94. The number of hydrogen-bond acceptors (Lipinski definition) is 5. The van der Waals surface area contributed by atoms with Gasteiger partial charge in [-0.05, 0) is 31.6 Å². The van der Waals surface area contributed by atoms with Crippen LogP contribution in [0.2, 0.25) is 0 Å². The first kappa shape index (κ1) is 21.8. The largest absolute Gasteiger partial charge is 0.493 e. The van der Waals surface area contributed by atoms with E-state index in [2.05, 4.69) is 16.0 Å². The van der Waals surface area contributed by atoms with E-state index in [1.165, 1.54) is 10.8 Å². The Bertz CT molecular complexity index is 1180. The van der Waals surface area contributed by atoms with E-state index in [0.717, 1.165) is 5.56 Å². The molecule has 3 aromatic rings. The van der Waals surface area contributed by atoms with Gasteiger partial charge in [0.05, 0.1) is 12.0 Å². The fourth-order valence-electron chi connectivity index (χ4n) is 3.06. The highest BCUT2D eigenvalue weighted by molar-refractivity contribution is 6.05. The zero-order valence-corrected chi connectivity index (χ0v) is 17.4. The number of hydrogen-bond donors (Lipinski definition) is 2. The Labute approximate surface area is 179 Å².